The van der Waals surface area contributed by atoms with E-state index in [0.29, 0.717) is 11.4 Å². The fourth-order valence-electron chi connectivity index (χ4n) is 3.57. The summed E-state index contributed by atoms with van der Waals surface area (Å²) in [7, 11) is 0. The molecule has 0 unspecified atom stereocenters. The zero-order valence-electron chi connectivity index (χ0n) is 16.0. The van der Waals surface area contributed by atoms with Crippen molar-refractivity contribution >= 4 is 35.1 Å². The van der Waals surface area contributed by atoms with Crippen LogP contribution in [0.3, 0.4) is 0 Å². The van der Waals surface area contributed by atoms with Gasteiger partial charge in [0.1, 0.15) is 5.75 Å². The molecule has 2 fully saturated rings. The summed E-state index contributed by atoms with van der Waals surface area (Å²) < 4.78 is 5.42. The van der Waals surface area contributed by atoms with Crippen LogP contribution in [-0.4, -0.2) is 30.2 Å². The quantitative estimate of drug-likeness (QED) is 0.454. The van der Waals surface area contributed by atoms with Gasteiger partial charge in [0.25, 0.3) is 0 Å². The van der Waals surface area contributed by atoms with E-state index < -0.39 is 11.9 Å². The lowest BCUT2D eigenvalue weighted by Crippen LogP contribution is -2.28. The monoisotopic (exact) mass is 392 g/mol. The molecule has 1 atom stereocenters. The second-order valence-corrected chi connectivity index (χ2v) is 7.28. The number of nitrogens with zero attached hydrogens (tertiary/aromatic N) is 2. The minimum Gasteiger partial charge on any atom is -0.426 e. The SMILES string of the molecule is Cc1ccc(N2C[C@@H](C(=O)Oc3ccc(N4C(=O)CCC4=O)cc3)CC2=O)cc1. The highest BCUT2D eigenvalue weighted by Crippen LogP contribution is 2.28. The highest BCUT2D eigenvalue weighted by Gasteiger charge is 2.36. The summed E-state index contributed by atoms with van der Waals surface area (Å²) in [5.41, 5.74) is 2.32. The number of amides is 3. The largest absolute Gasteiger partial charge is 0.426 e. The van der Waals surface area contributed by atoms with Gasteiger partial charge in [0, 0.05) is 31.5 Å². The van der Waals surface area contributed by atoms with Crippen LogP contribution in [0, 0.1) is 12.8 Å². The van der Waals surface area contributed by atoms with Crippen molar-refractivity contribution in [1.82, 2.24) is 0 Å². The van der Waals surface area contributed by atoms with Gasteiger partial charge in [-0.3, -0.25) is 24.1 Å². The number of aryl methyl sites for hydroxylation is 1. The van der Waals surface area contributed by atoms with Crippen molar-refractivity contribution in [1.29, 1.82) is 0 Å². The summed E-state index contributed by atoms with van der Waals surface area (Å²) in [4.78, 5) is 51.2. The van der Waals surface area contributed by atoms with E-state index >= 15 is 0 Å². The average Bonchev–Trinajstić information content (AvgIpc) is 3.25. The Kier molecular flexibility index (Phi) is 4.88. The molecule has 2 aliphatic heterocycles. The lowest BCUT2D eigenvalue weighted by molar-refractivity contribution is -0.139. The first-order chi connectivity index (χ1) is 13.9. The summed E-state index contributed by atoms with van der Waals surface area (Å²) in [6, 6.07) is 13.8. The number of imide groups is 1. The van der Waals surface area contributed by atoms with Gasteiger partial charge >= 0.3 is 5.97 Å². The molecule has 0 aliphatic carbocycles. The Balaban J connectivity index is 1.40. The Hall–Kier alpha value is -3.48. The van der Waals surface area contributed by atoms with E-state index in [-0.39, 0.29) is 43.5 Å². The first kappa shape index (κ1) is 18.9. The summed E-state index contributed by atoms with van der Waals surface area (Å²) in [5.74, 6) is -1.31. The van der Waals surface area contributed by atoms with Crippen LogP contribution in [0.4, 0.5) is 11.4 Å². The van der Waals surface area contributed by atoms with Crippen LogP contribution in [0.15, 0.2) is 48.5 Å². The molecule has 0 bridgehead atoms. The Morgan fingerprint density at radius 1 is 0.862 bits per heavy atom. The smallest absolute Gasteiger partial charge is 0.316 e. The maximum absolute atomic E-state index is 12.5. The van der Waals surface area contributed by atoms with Crippen molar-refractivity contribution in [3.63, 3.8) is 0 Å². The minimum absolute atomic E-state index is 0.0988. The molecule has 0 N–H and O–H groups in total. The van der Waals surface area contributed by atoms with Crippen molar-refractivity contribution in [2.45, 2.75) is 26.2 Å². The van der Waals surface area contributed by atoms with E-state index in [1.54, 1.807) is 29.2 Å². The van der Waals surface area contributed by atoms with E-state index in [9.17, 15) is 19.2 Å². The van der Waals surface area contributed by atoms with Crippen LogP contribution in [0.25, 0.3) is 0 Å². The van der Waals surface area contributed by atoms with E-state index in [1.807, 2.05) is 31.2 Å². The average molecular weight is 392 g/mol. The van der Waals surface area contributed by atoms with Gasteiger partial charge in [0.05, 0.1) is 11.6 Å². The summed E-state index contributed by atoms with van der Waals surface area (Å²) >= 11 is 0. The second kappa shape index (κ2) is 7.50. The number of esters is 1. The highest BCUT2D eigenvalue weighted by atomic mass is 16.5. The van der Waals surface area contributed by atoms with E-state index in [1.165, 1.54) is 0 Å². The molecular formula is C22H20N2O5. The predicted molar refractivity (Wildman–Crippen MR) is 105 cm³/mol. The molecular weight excluding hydrogens is 372 g/mol. The molecule has 2 aromatic carbocycles. The molecule has 0 aromatic heterocycles. The van der Waals surface area contributed by atoms with E-state index in [4.69, 9.17) is 4.74 Å². The summed E-state index contributed by atoms with van der Waals surface area (Å²) in [6.45, 7) is 2.24. The van der Waals surface area contributed by atoms with Crippen LogP contribution in [0.1, 0.15) is 24.8 Å². The fourth-order valence-corrected chi connectivity index (χ4v) is 3.57. The van der Waals surface area contributed by atoms with Gasteiger partial charge in [-0.05, 0) is 43.3 Å². The van der Waals surface area contributed by atoms with Gasteiger partial charge in [-0.15, -0.1) is 0 Å². The van der Waals surface area contributed by atoms with Crippen molar-refractivity contribution in [2.75, 3.05) is 16.3 Å². The van der Waals surface area contributed by atoms with Crippen molar-refractivity contribution in [3.05, 3.63) is 54.1 Å². The third-order valence-electron chi connectivity index (χ3n) is 5.17. The molecule has 4 rings (SSSR count). The Morgan fingerprint density at radius 3 is 2.07 bits per heavy atom. The van der Waals surface area contributed by atoms with Gasteiger partial charge in [0.15, 0.2) is 0 Å². The van der Waals surface area contributed by atoms with Gasteiger partial charge in [-0.1, -0.05) is 17.7 Å². The molecule has 0 radical (unpaired) electrons. The molecule has 2 aliphatic rings. The van der Waals surface area contributed by atoms with Crippen LogP contribution in [0.5, 0.6) is 5.75 Å². The lowest BCUT2D eigenvalue weighted by atomic mass is 10.1. The predicted octanol–water partition coefficient (Wildman–Crippen LogP) is 2.61. The van der Waals surface area contributed by atoms with Gasteiger partial charge in [-0.25, -0.2) is 0 Å². The summed E-state index contributed by atoms with van der Waals surface area (Å²) in [5, 5.41) is 0. The molecule has 0 spiro atoms. The molecule has 0 saturated carbocycles. The number of carbonyl (C=O) groups is 4. The van der Waals surface area contributed by atoms with Crippen LogP contribution in [0.2, 0.25) is 0 Å². The Bertz CT molecular complexity index is 965. The first-order valence-electron chi connectivity index (χ1n) is 9.47. The van der Waals surface area contributed by atoms with Crippen LogP contribution in [-0.2, 0) is 19.2 Å². The molecule has 7 nitrogen and oxygen atoms in total. The van der Waals surface area contributed by atoms with Crippen molar-refractivity contribution in [2.24, 2.45) is 5.92 Å². The number of hydrogen-bond acceptors (Lipinski definition) is 5. The molecule has 29 heavy (non-hydrogen) atoms. The molecule has 2 saturated heterocycles. The zero-order chi connectivity index (χ0) is 20.5. The number of anilines is 2. The fraction of sp³-hybridized carbons (Fsp3) is 0.273. The van der Waals surface area contributed by atoms with Gasteiger partial charge in [-0.2, -0.15) is 0 Å². The highest BCUT2D eigenvalue weighted by molar-refractivity contribution is 6.19. The maximum atomic E-state index is 12.5. The Morgan fingerprint density at radius 2 is 1.45 bits per heavy atom. The minimum atomic E-state index is -0.551. The van der Waals surface area contributed by atoms with Crippen molar-refractivity contribution < 1.29 is 23.9 Å². The first-order valence-corrected chi connectivity index (χ1v) is 9.47. The zero-order valence-corrected chi connectivity index (χ0v) is 16.0. The summed E-state index contributed by atoms with van der Waals surface area (Å²) in [6.07, 6.45) is 0.521. The van der Waals surface area contributed by atoms with E-state index in [2.05, 4.69) is 0 Å². The lowest BCUT2D eigenvalue weighted by Gasteiger charge is -2.17. The number of carbonyl (C=O) groups excluding carboxylic acids is 4. The molecule has 2 heterocycles. The third kappa shape index (κ3) is 3.76. The normalized spacial score (nSPS) is 19.2. The molecule has 2 aromatic rings. The van der Waals surface area contributed by atoms with Gasteiger partial charge < -0.3 is 9.64 Å². The van der Waals surface area contributed by atoms with Crippen LogP contribution >= 0.6 is 0 Å². The third-order valence-corrected chi connectivity index (χ3v) is 5.17. The number of ether oxygens (including phenoxy) is 1. The number of hydrogen-bond donors (Lipinski definition) is 0. The standard InChI is InChI=1S/C22H20N2O5/c1-14-2-4-16(5-3-14)23-13-15(12-21(23)27)22(28)29-18-8-6-17(7-9-18)24-19(25)10-11-20(24)26/h2-9,15H,10-13H2,1H3/t15-/m0/s1. The maximum Gasteiger partial charge on any atom is 0.316 e. The van der Waals surface area contributed by atoms with Crippen LogP contribution < -0.4 is 14.5 Å². The van der Waals surface area contributed by atoms with E-state index in [0.717, 1.165) is 16.2 Å². The number of rotatable bonds is 4. The molecule has 7 heteroatoms. The molecule has 3 amide bonds. The number of benzene rings is 2. The van der Waals surface area contributed by atoms with Gasteiger partial charge in [0.2, 0.25) is 17.7 Å². The molecule has 148 valence electrons. The Labute approximate surface area is 167 Å². The van der Waals surface area contributed by atoms with Crippen molar-refractivity contribution in [3.8, 4) is 5.75 Å². The second-order valence-electron chi connectivity index (χ2n) is 7.28. The topological polar surface area (TPSA) is 84.0 Å².